The topological polar surface area (TPSA) is 40.1 Å². The molecule has 0 aromatic heterocycles. The molecule has 0 heterocycles. The Balaban J connectivity index is 0.000000751. The molecule has 0 aliphatic heterocycles. The van der Waals surface area contributed by atoms with E-state index in [4.69, 9.17) is 0 Å². The van der Waals surface area contributed by atoms with Gasteiger partial charge in [-0.1, -0.05) is 0 Å². The Morgan fingerprint density at radius 1 is 0.647 bits per heavy atom. The molecule has 0 aliphatic carbocycles. The maximum atomic E-state index is 12.0. The van der Waals surface area contributed by atoms with Crippen LogP contribution in [0.3, 0.4) is 0 Å². The van der Waals surface area contributed by atoms with Crippen molar-refractivity contribution in [2.75, 3.05) is 0 Å². The zero-order chi connectivity index (χ0) is 24.4. The van der Waals surface area contributed by atoms with Crippen LogP contribution in [0, 0.1) is 0 Å². The van der Waals surface area contributed by atoms with Gasteiger partial charge >= 0.3 is 215 Å². The van der Waals surface area contributed by atoms with Crippen molar-refractivity contribution in [2.45, 2.75) is 26.0 Å². The van der Waals surface area contributed by atoms with Crippen molar-refractivity contribution in [1.82, 2.24) is 0 Å². The van der Waals surface area contributed by atoms with E-state index >= 15 is 0 Å². The van der Waals surface area contributed by atoms with Crippen molar-refractivity contribution in [3.05, 3.63) is 127 Å². The van der Waals surface area contributed by atoms with Gasteiger partial charge in [-0.05, 0) is 0 Å². The van der Waals surface area contributed by atoms with Crippen LogP contribution in [0.15, 0.2) is 121 Å². The molecule has 0 fully saturated rings. The minimum absolute atomic E-state index is 0.0112. The van der Waals surface area contributed by atoms with Crippen molar-refractivity contribution in [3.63, 3.8) is 0 Å². The summed E-state index contributed by atoms with van der Waals surface area (Å²) in [5.41, 5.74) is 1.05. The third kappa shape index (κ3) is 6.42. The van der Waals surface area contributed by atoms with Crippen LogP contribution in [0.25, 0.3) is 0 Å². The number of carboxylic acid groups (broad SMARTS) is 1. The predicted octanol–water partition coefficient (Wildman–Crippen LogP) is 3.99. The molecule has 0 spiro atoms. The zero-order valence-electron chi connectivity index (χ0n) is 20.1. The minimum atomic E-state index is -3.51. The number of carboxylic acids is 1. The fraction of sp³-hybridized carbons (Fsp3) is 0.167. The van der Waals surface area contributed by atoms with E-state index in [1.807, 2.05) is 36.4 Å². The molecule has 0 saturated heterocycles. The van der Waals surface area contributed by atoms with Gasteiger partial charge in [0.2, 0.25) is 0 Å². The SMILES string of the molecule is O=C([O-])C[CH](c1ccccc1)[Ge]([c]1ccccc1)([c]1ccccc1)[c]1ccccc1.[CH3][Sn+]([CH3])[CH3]. The summed E-state index contributed by atoms with van der Waals surface area (Å²) >= 11 is -4.05. The van der Waals surface area contributed by atoms with E-state index in [0.717, 1.165) is 5.56 Å². The summed E-state index contributed by atoms with van der Waals surface area (Å²) in [7, 11) is 0. The van der Waals surface area contributed by atoms with Gasteiger partial charge in [0.05, 0.1) is 0 Å². The normalized spacial score (nSPS) is 11.6. The molecule has 1 unspecified atom stereocenters. The number of carbonyl (C=O) groups excluding carboxylic acids is 1. The number of benzene rings is 4. The van der Waals surface area contributed by atoms with Crippen LogP contribution in [-0.2, 0) is 4.79 Å². The van der Waals surface area contributed by atoms with E-state index in [1.165, 1.54) is 13.2 Å². The number of carbonyl (C=O) groups is 1. The molecule has 34 heavy (non-hydrogen) atoms. The Kier molecular flexibility index (Phi) is 10.0. The molecule has 1 atom stereocenters. The molecule has 0 saturated carbocycles. The van der Waals surface area contributed by atoms with Gasteiger partial charge in [-0.3, -0.25) is 0 Å². The molecule has 4 heteroatoms. The maximum absolute atomic E-state index is 12.0. The van der Waals surface area contributed by atoms with E-state index in [1.54, 1.807) is 0 Å². The van der Waals surface area contributed by atoms with Crippen LogP contribution in [0.4, 0.5) is 0 Å². The van der Waals surface area contributed by atoms with Crippen molar-refractivity contribution >= 4 is 52.2 Å². The van der Waals surface area contributed by atoms with Gasteiger partial charge in [0, 0.05) is 0 Å². The van der Waals surface area contributed by atoms with Gasteiger partial charge in [-0.2, -0.15) is 0 Å². The molecular weight excluding hydrogens is 584 g/mol. The quantitative estimate of drug-likeness (QED) is 0.295. The summed E-state index contributed by atoms with van der Waals surface area (Å²) in [6.45, 7) is 0. The van der Waals surface area contributed by atoms with Crippen LogP contribution >= 0.6 is 0 Å². The van der Waals surface area contributed by atoms with Gasteiger partial charge in [0.25, 0.3) is 0 Å². The summed E-state index contributed by atoms with van der Waals surface area (Å²) in [5.74, 6) is -1.01. The Hall–Kier alpha value is -2.31. The Labute approximate surface area is 213 Å². The third-order valence-corrected chi connectivity index (χ3v) is 16.9. The molecule has 2 nitrogen and oxygen atoms in total. The Morgan fingerprint density at radius 2 is 0.941 bits per heavy atom. The standard InChI is InChI=1S/C27H24GeO2.3CH3.Sn/c29-27(30)21-26(22-13-5-1-6-14-22)28(23-15-7-2-8-16-23,24-17-9-3-10-18-24)25-19-11-4-12-20-25;;;;/h1-20,26H,21H2,(H,29,30);3*1H3;/q;;;;+1/p-1. The molecular formula is C30H32GeO2Sn. The summed E-state index contributed by atoms with van der Waals surface area (Å²) in [6, 6.07) is 41.5. The van der Waals surface area contributed by atoms with Gasteiger partial charge in [0.1, 0.15) is 0 Å². The molecule has 4 rings (SSSR count). The van der Waals surface area contributed by atoms with E-state index in [0.29, 0.717) is 0 Å². The first-order valence-electron chi connectivity index (χ1n) is 11.6. The summed E-state index contributed by atoms with van der Waals surface area (Å²) in [5, 5.41) is 12.0. The van der Waals surface area contributed by atoms with Crippen molar-refractivity contribution in [1.29, 1.82) is 0 Å². The molecule has 4 aromatic rings. The first-order chi connectivity index (χ1) is 16.5. The van der Waals surface area contributed by atoms with Gasteiger partial charge in [-0.25, -0.2) is 0 Å². The van der Waals surface area contributed by atoms with Crippen molar-refractivity contribution < 1.29 is 9.90 Å². The predicted molar refractivity (Wildman–Crippen MR) is 146 cm³/mol. The fourth-order valence-electron chi connectivity index (χ4n) is 4.58. The fourth-order valence-corrected chi connectivity index (χ4v) is 16.2. The van der Waals surface area contributed by atoms with Gasteiger partial charge < -0.3 is 0 Å². The van der Waals surface area contributed by atoms with Crippen LogP contribution < -0.4 is 18.3 Å². The average Bonchev–Trinajstić information content (AvgIpc) is 2.86. The van der Waals surface area contributed by atoms with Gasteiger partial charge in [-0.15, -0.1) is 0 Å². The Bertz CT molecular complexity index is 1030. The number of hydrogen-bond acceptors (Lipinski definition) is 2. The monoisotopic (exact) mass is 618 g/mol. The summed E-state index contributed by atoms with van der Waals surface area (Å²) in [4.78, 5) is 19.1. The first kappa shape index (κ1) is 26.3. The van der Waals surface area contributed by atoms with E-state index in [-0.39, 0.29) is 11.2 Å². The van der Waals surface area contributed by atoms with Crippen LogP contribution in [0.5, 0.6) is 0 Å². The zero-order valence-corrected chi connectivity index (χ0v) is 25.1. The third-order valence-electron chi connectivity index (χ3n) is 5.78. The molecule has 4 aromatic carbocycles. The Morgan fingerprint density at radius 3 is 1.24 bits per heavy atom. The second-order valence-corrected chi connectivity index (χ2v) is 26.0. The van der Waals surface area contributed by atoms with Crippen LogP contribution in [0.2, 0.25) is 14.8 Å². The number of hydrogen-bond donors (Lipinski definition) is 0. The van der Waals surface area contributed by atoms with Gasteiger partial charge in [0.15, 0.2) is 0 Å². The van der Waals surface area contributed by atoms with E-state index < -0.39 is 39.0 Å². The first-order valence-corrected chi connectivity index (χ1v) is 24.6. The number of aliphatic carboxylic acids is 1. The van der Waals surface area contributed by atoms with Crippen molar-refractivity contribution in [3.8, 4) is 0 Å². The summed E-state index contributed by atoms with van der Waals surface area (Å²) in [6.07, 6.45) is -0.0112. The molecule has 0 radical (unpaired) electrons. The van der Waals surface area contributed by atoms with Crippen LogP contribution in [-0.4, -0.2) is 39.0 Å². The summed E-state index contributed by atoms with van der Waals surface area (Å²) < 4.78 is 3.56. The molecule has 172 valence electrons. The van der Waals surface area contributed by atoms with Crippen LogP contribution in [0.1, 0.15) is 16.7 Å². The average molecular weight is 616 g/mol. The van der Waals surface area contributed by atoms with E-state index in [2.05, 4.69) is 99.7 Å². The molecule has 0 N–H and O–H groups in total. The van der Waals surface area contributed by atoms with E-state index in [9.17, 15) is 9.90 Å². The number of rotatable bonds is 7. The molecule has 0 amide bonds. The molecule has 0 bridgehead atoms. The second kappa shape index (κ2) is 13.0. The molecule has 0 aliphatic rings. The second-order valence-electron chi connectivity index (χ2n) is 8.95. The van der Waals surface area contributed by atoms with Crippen molar-refractivity contribution in [2.24, 2.45) is 0 Å².